The first-order valence-electron chi connectivity index (χ1n) is 5.38. The Balaban J connectivity index is 2.62. The third-order valence-corrected chi connectivity index (χ3v) is 2.50. The summed E-state index contributed by atoms with van der Waals surface area (Å²) in [6.07, 6.45) is 0.315. The Morgan fingerprint density at radius 3 is 2.82 bits per heavy atom. The monoisotopic (exact) mass is 301 g/mol. The van der Waals surface area contributed by atoms with Crippen LogP contribution in [0.3, 0.4) is 0 Å². The number of esters is 1. The van der Waals surface area contributed by atoms with Gasteiger partial charge < -0.3 is 10.1 Å². The van der Waals surface area contributed by atoms with Crippen LogP contribution < -0.4 is 5.32 Å². The first-order chi connectivity index (χ1) is 8.02. The third-order valence-electron chi connectivity index (χ3n) is 2.09. The summed E-state index contributed by atoms with van der Waals surface area (Å²) in [5.74, 6) is 1.49. The Bertz CT molecular complexity index is 396. The van der Waals surface area contributed by atoms with E-state index >= 15 is 0 Å². The highest BCUT2D eigenvalue weighted by Gasteiger charge is 2.07. The fraction of sp³-hybridized carbons (Fsp3) is 0.545. The molecule has 0 radical (unpaired) electrons. The first kappa shape index (κ1) is 13.9. The van der Waals surface area contributed by atoms with Gasteiger partial charge in [0.1, 0.15) is 16.2 Å². The summed E-state index contributed by atoms with van der Waals surface area (Å²) < 4.78 is 5.29. The lowest BCUT2D eigenvalue weighted by Crippen LogP contribution is -2.11. The van der Waals surface area contributed by atoms with Gasteiger partial charge >= 0.3 is 5.97 Å². The minimum absolute atomic E-state index is 0.241. The summed E-state index contributed by atoms with van der Waals surface area (Å²) in [4.78, 5) is 19.6. The topological polar surface area (TPSA) is 64.1 Å². The number of nitrogens with zero attached hydrogens (tertiary/aromatic N) is 2. The van der Waals surface area contributed by atoms with Crippen LogP contribution in [0.5, 0.6) is 0 Å². The maximum absolute atomic E-state index is 10.9. The van der Waals surface area contributed by atoms with Crippen LogP contribution in [-0.4, -0.2) is 29.6 Å². The summed E-state index contributed by atoms with van der Waals surface area (Å²) in [6, 6.07) is 1.78. The zero-order valence-corrected chi connectivity index (χ0v) is 11.7. The Hall–Kier alpha value is -1.17. The summed E-state index contributed by atoms with van der Waals surface area (Å²) in [5.41, 5.74) is 0. The zero-order valence-electron chi connectivity index (χ0n) is 10.2. The number of methoxy groups -OCH3 is 1. The van der Waals surface area contributed by atoms with E-state index in [1.54, 1.807) is 6.07 Å². The number of anilines is 1. The van der Waals surface area contributed by atoms with Gasteiger partial charge in [-0.25, -0.2) is 9.97 Å². The third kappa shape index (κ3) is 4.68. The Labute approximate surface area is 109 Å². The molecule has 17 heavy (non-hydrogen) atoms. The van der Waals surface area contributed by atoms with Crippen LogP contribution in [0.2, 0.25) is 0 Å². The maximum Gasteiger partial charge on any atom is 0.307 e. The quantitative estimate of drug-likeness (QED) is 0.668. The fourth-order valence-electron chi connectivity index (χ4n) is 1.18. The molecule has 5 nitrogen and oxygen atoms in total. The molecule has 1 aromatic rings. The Morgan fingerprint density at radius 1 is 1.53 bits per heavy atom. The number of ether oxygens (including phenoxy) is 1. The molecule has 0 unspecified atom stereocenters. The lowest BCUT2D eigenvalue weighted by Gasteiger charge is -2.09. The van der Waals surface area contributed by atoms with E-state index in [-0.39, 0.29) is 11.9 Å². The minimum atomic E-state index is -0.241. The van der Waals surface area contributed by atoms with Crippen molar-refractivity contribution in [1.29, 1.82) is 0 Å². The van der Waals surface area contributed by atoms with E-state index in [9.17, 15) is 4.79 Å². The van der Waals surface area contributed by atoms with Crippen LogP contribution in [0.15, 0.2) is 10.7 Å². The standard InChI is InChI=1S/C11H16BrN3O2/c1-7(2)11-14-8(12)6-9(15-11)13-5-4-10(16)17-3/h6-7H,4-5H2,1-3H3,(H,13,14,15). The molecule has 0 saturated heterocycles. The van der Waals surface area contributed by atoms with Crippen LogP contribution in [0, 0.1) is 0 Å². The number of halogens is 1. The molecular weight excluding hydrogens is 286 g/mol. The summed E-state index contributed by atoms with van der Waals surface area (Å²) in [7, 11) is 1.38. The largest absolute Gasteiger partial charge is 0.469 e. The van der Waals surface area contributed by atoms with Crippen LogP contribution in [-0.2, 0) is 9.53 Å². The molecule has 0 aliphatic rings. The van der Waals surface area contributed by atoms with Gasteiger partial charge in [0.05, 0.1) is 13.5 Å². The predicted molar refractivity (Wildman–Crippen MR) is 68.9 cm³/mol. The van der Waals surface area contributed by atoms with Crippen LogP contribution in [0.1, 0.15) is 32.0 Å². The van der Waals surface area contributed by atoms with E-state index in [0.29, 0.717) is 18.8 Å². The molecule has 0 aliphatic heterocycles. The van der Waals surface area contributed by atoms with Crippen molar-refractivity contribution in [2.24, 2.45) is 0 Å². The number of hydrogen-bond acceptors (Lipinski definition) is 5. The molecule has 0 aliphatic carbocycles. The number of hydrogen-bond donors (Lipinski definition) is 1. The van der Waals surface area contributed by atoms with Gasteiger partial charge in [-0.3, -0.25) is 4.79 Å². The second-order valence-electron chi connectivity index (χ2n) is 3.84. The molecule has 0 atom stereocenters. The van der Waals surface area contributed by atoms with Gasteiger partial charge in [-0.15, -0.1) is 0 Å². The SMILES string of the molecule is COC(=O)CCNc1cc(Br)nc(C(C)C)n1. The Kier molecular flexibility index (Phi) is 5.34. The van der Waals surface area contributed by atoms with Crippen LogP contribution in [0.25, 0.3) is 0 Å². The van der Waals surface area contributed by atoms with E-state index in [4.69, 9.17) is 0 Å². The number of carbonyl (C=O) groups excluding carboxylic acids is 1. The molecule has 1 heterocycles. The van der Waals surface area contributed by atoms with Crippen LogP contribution in [0.4, 0.5) is 5.82 Å². The Morgan fingerprint density at radius 2 is 2.24 bits per heavy atom. The lowest BCUT2D eigenvalue weighted by molar-refractivity contribution is -0.140. The molecule has 94 valence electrons. The highest BCUT2D eigenvalue weighted by molar-refractivity contribution is 9.10. The molecule has 0 amide bonds. The van der Waals surface area contributed by atoms with Crippen molar-refractivity contribution in [3.05, 3.63) is 16.5 Å². The number of aromatic nitrogens is 2. The average Bonchev–Trinajstić information content (AvgIpc) is 2.28. The summed E-state index contributed by atoms with van der Waals surface area (Å²) >= 11 is 3.33. The normalized spacial score (nSPS) is 10.4. The molecule has 1 aromatic heterocycles. The molecular formula is C11H16BrN3O2. The highest BCUT2D eigenvalue weighted by Crippen LogP contribution is 2.17. The molecule has 0 bridgehead atoms. The van der Waals surface area contributed by atoms with E-state index in [1.165, 1.54) is 7.11 Å². The smallest absolute Gasteiger partial charge is 0.307 e. The van der Waals surface area contributed by atoms with Crippen molar-refractivity contribution >= 4 is 27.7 Å². The van der Waals surface area contributed by atoms with Crippen molar-refractivity contribution in [3.8, 4) is 0 Å². The van der Waals surface area contributed by atoms with Gasteiger partial charge in [0.2, 0.25) is 0 Å². The van der Waals surface area contributed by atoms with Gasteiger partial charge in [-0.2, -0.15) is 0 Å². The van der Waals surface area contributed by atoms with Crippen molar-refractivity contribution in [3.63, 3.8) is 0 Å². The van der Waals surface area contributed by atoms with E-state index in [2.05, 4.69) is 36.0 Å². The molecule has 0 aromatic carbocycles. The van der Waals surface area contributed by atoms with Gasteiger partial charge in [-0.1, -0.05) is 13.8 Å². The van der Waals surface area contributed by atoms with Gasteiger partial charge in [-0.05, 0) is 15.9 Å². The maximum atomic E-state index is 10.9. The molecule has 0 saturated carbocycles. The second-order valence-corrected chi connectivity index (χ2v) is 4.65. The number of nitrogens with one attached hydrogen (secondary N) is 1. The van der Waals surface area contributed by atoms with E-state index < -0.39 is 0 Å². The molecule has 1 N–H and O–H groups in total. The molecule has 0 fully saturated rings. The van der Waals surface area contributed by atoms with Crippen molar-refractivity contribution < 1.29 is 9.53 Å². The van der Waals surface area contributed by atoms with Gasteiger partial charge in [0.25, 0.3) is 0 Å². The van der Waals surface area contributed by atoms with Crippen molar-refractivity contribution in [1.82, 2.24) is 9.97 Å². The summed E-state index contributed by atoms with van der Waals surface area (Å²) in [5, 5.41) is 3.06. The van der Waals surface area contributed by atoms with E-state index in [1.807, 2.05) is 13.8 Å². The van der Waals surface area contributed by atoms with Crippen molar-refractivity contribution in [2.75, 3.05) is 19.0 Å². The van der Waals surface area contributed by atoms with E-state index in [0.717, 1.165) is 10.4 Å². The summed E-state index contributed by atoms with van der Waals surface area (Å²) in [6.45, 7) is 4.55. The zero-order chi connectivity index (χ0) is 12.8. The lowest BCUT2D eigenvalue weighted by atomic mass is 10.2. The molecule has 0 spiro atoms. The first-order valence-corrected chi connectivity index (χ1v) is 6.17. The number of rotatable bonds is 5. The van der Waals surface area contributed by atoms with Crippen molar-refractivity contribution in [2.45, 2.75) is 26.2 Å². The molecule has 1 rings (SSSR count). The fourth-order valence-corrected chi connectivity index (χ4v) is 1.58. The van der Waals surface area contributed by atoms with Crippen LogP contribution >= 0.6 is 15.9 Å². The molecule has 6 heteroatoms. The van der Waals surface area contributed by atoms with Gasteiger partial charge in [0, 0.05) is 18.5 Å². The number of carbonyl (C=O) groups is 1. The second kappa shape index (κ2) is 6.54. The predicted octanol–water partition coefficient (Wildman–Crippen LogP) is 2.34. The minimum Gasteiger partial charge on any atom is -0.469 e. The highest BCUT2D eigenvalue weighted by atomic mass is 79.9. The van der Waals surface area contributed by atoms with Gasteiger partial charge in [0.15, 0.2) is 0 Å². The average molecular weight is 302 g/mol.